The lowest BCUT2D eigenvalue weighted by Gasteiger charge is -2.07. The first-order valence-electron chi connectivity index (χ1n) is 4.87. The molecule has 84 valence electrons. The Morgan fingerprint density at radius 3 is 2.69 bits per heavy atom. The average molecular weight is 345 g/mol. The normalized spacial score (nSPS) is 10.8. The summed E-state index contributed by atoms with van der Waals surface area (Å²) in [5.41, 5.74) is 3.17. The van der Waals surface area contributed by atoms with Gasteiger partial charge in [-0.25, -0.2) is 9.67 Å². The fourth-order valence-electron chi connectivity index (χ4n) is 1.56. The zero-order chi connectivity index (χ0) is 11.7. The average Bonchev–Trinajstić information content (AvgIpc) is 2.57. The summed E-state index contributed by atoms with van der Waals surface area (Å²) in [6.07, 6.45) is 1.78. The zero-order valence-electron chi connectivity index (χ0n) is 9.04. The van der Waals surface area contributed by atoms with Gasteiger partial charge in [0.05, 0.1) is 15.9 Å². The van der Waals surface area contributed by atoms with Gasteiger partial charge in [0.2, 0.25) is 0 Å². The van der Waals surface area contributed by atoms with E-state index in [0.29, 0.717) is 0 Å². The standard InChI is InChI=1S/C11H11Br2N3/c1-7-10(13)8(2)16(15-7)11-9(6-12)4-3-5-14-11/h3-5H,6H2,1-2H3. The van der Waals surface area contributed by atoms with Crippen molar-refractivity contribution in [2.24, 2.45) is 0 Å². The summed E-state index contributed by atoms with van der Waals surface area (Å²) in [7, 11) is 0. The third kappa shape index (κ3) is 1.94. The van der Waals surface area contributed by atoms with Crippen LogP contribution >= 0.6 is 31.9 Å². The monoisotopic (exact) mass is 343 g/mol. The van der Waals surface area contributed by atoms with Gasteiger partial charge in [0.25, 0.3) is 0 Å². The summed E-state index contributed by atoms with van der Waals surface area (Å²) in [5.74, 6) is 0.880. The van der Waals surface area contributed by atoms with Crippen molar-refractivity contribution in [2.75, 3.05) is 0 Å². The lowest BCUT2D eigenvalue weighted by Crippen LogP contribution is -2.05. The van der Waals surface area contributed by atoms with Crippen LogP contribution in [0.25, 0.3) is 5.82 Å². The van der Waals surface area contributed by atoms with Gasteiger partial charge in [-0.3, -0.25) is 0 Å². The molecule has 2 rings (SSSR count). The maximum Gasteiger partial charge on any atom is 0.157 e. The van der Waals surface area contributed by atoms with Gasteiger partial charge in [0.15, 0.2) is 5.82 Å². The molecule has 0 aliphatic carbocycles. The van der Waals surface area contributed by atoms with Crippen molar-refractivity contribution in [3.05, 3.63) is 39.8 Å². The Bertz CT molecular complexity index is 520. The molecule has 0 amide bonds. The first-order valence-corrected chi connectivity index (χ1v) is 6.78. The number of nitrogens with zero attached hydrogens (tertiary/aromatic N) is 3. The maximum atomic E-state index is 4.48. The Labute approximate surface area is 111 Å². The summed E-state index contributed by atoms with van der Waals surface area (Å²) in [4.78, 5) is 4.38. The van der Waals surface area contributed by atoms with E-state index < -0.39 is 0 Å². The number of pyridine rings is 1. The number of hydrogen-bond donors (Lipinski definition) is 0. The van der Waals surface area contributed by atoms with E-state index >= 15 is 0 Å². The highest BCUT2D eigenvalue weighted by Crippen LogP contribution is 2.24. The zero-order valence-corrected chi connectivity index (χ0v) is 12.2. The molecule has 3 nitrogen and oxygen atoms in total. The molecule has 0 aromatic carbocycles. The van der Waals surface area contributed by atoms with Crippen LogP contribution in [0.3, 0.4) is 0 Å². The van der Waals surface area contributed by atoms with Crippen molar-refractivity contribution >= 4 is 31.9 Å². The molecular formula is C11H11Br2N3. The smallest absolute Gasteiger partial charge is 0.157 e. The summed E-state index contributed by atoms with van der Waals surface area (Å²) >= 11 is 6.98. The molecular weight excluding hydrogens is 334 g/mol. The Balaban J connectivity index is 2.63. The molecule has 2 aromatic heterocycles. The van der Waals surface area contributed by atoms with Gasteiger partial charge in [-0.15, -0.1) is 0 Å². The number of aromatic nitrogens is 3. The molecule has 0 aliphatic heterocycles. The van der Waals surface area contributed by atoms with E-state index in [4.69, 9.17) is 0 Å². The summed E-state index contributed by atoms with van der Waals surface area (Å²) in [6, 6.07) is 3.97. The van der Waals surface area contributed by atoms with E-state index in [0.717, 1.165) is 32.6 Å². The van der Waals surface area contributed by atoms with Gasteiger partial charge >= 0.3 is 0 Å². The predicted octanol–water partition coefficient (Wildman–Crippen LogP) is 3.54. The quantitative estimate of drug-likeness (QED) is 0.780. The van der Waals surface area contributed by atoms with E-state index in [1.54, 1.807) is 6.20 Å². The van der Waals surface area contributed by atoms with Gasteiger partial charge in [0.1, 0.15) is 0 Å². The molecule has 2 aromatic rings. The Morgan fingerprint density at radius 2 is 2.12 bits per heavy atom. The molecule has 0 atom stereocenters. The highest BCUT2D eigenvalue weighted by Gasteiger charge is 2.13. The molecule has 0 saturated heterocycles. The highest BCUT2D eigenvalue weighted by molar-refractivity contribution is 9.10. The first-order chi connectivity index (χ1) is 7.65. The molecule has 16 heavy (non-hydrogen) atoms. The lowest BCUT2D eigenvalue weighted by molar-refractivity contribution is 0.798. The minimum atomic E-state index is 0.770. The van der Waals surface area contributed by atoms with Crippen LogP contribution in [-0.2, 0) is 5.33 Å². The largest absolute Gasteiger partial charge is 0.237 e. The van der Waals surface area contributed by atoms with Crippen LogP contribution in [0.15, 0.2) is 22.8 Å². The third-order valence-electron chi connectivity index (χ3n) is 2.42. The SMILES string of the molecule is Cc1nn(-c2ncccc2CBr)c(C)c1Br. The van der Waals surface area contributed by atoms with Gasteiger partial charge in [-0.05, 0) is 35.8 Å². The minimum Gasteiger partial charge on any atom is -0.237 e. The van der Waals surface area contributed by atoms with Gasteiger partial charge in [-0.2, -0.15) is 5.10 Å². The maximum absolute atomic E-state index is 4.48. The summed E-state index contributed by atoms with van der Waals surface area (Å²) < 4.78 is 2.91. The number of rotatable bonds is 2. The van der Waals surface area contributed by atoms with Crippen molar-refractivity contribution in [2.45, 2.75) is 19.2 Å². The van der Waals surface area contributed by atoms with Crippen LogP contribution in [0, 0.1) is 13.8 Å². The molecule has 0 radical (unpaired) electrons. The van der Waals surface area contributed by atoms with E-state index in [-0.39, 0.29) is 0 Å². The minimum absolute atomic E-state index is 0.770. The van der Waals surface area contributed by atoms with E-state index in [1.165, 1.54) is 0 Å². The van der Waals surface area contributed by atoms with Crippen LogP contribution < -0.4 is 0 Å². The molecule has 0 spiro atoms. The van der Waals surface area contributed by atoms with Crippen molar-refractivity contribution in [1.82, 2.24) is 14.8 Å². The van der Waals surface area contributed by atoms with Crippen LogP contribution in [-0.4, -0.2) is 14.8 Å². The second kappa shape index (κ2) is 4.67. The van der Waals surface area contributed by atoms with Crippen LogP contribution in [0.5, 0.6) is 0 Å². The second-order valence-electron chi connectivity index (χ2n) is 3.52. The number of hydrogen-bond acceptors (Lipinski definition) is 2. The fraction of sp³-hybridized carbons (Fsp3) is 0.273. The number of aryl methyl sites for hydroxylation is 1. The van der Waals surface area contributed by atoms with E-state index in [1.807, 2.05) is 30.7 Å². The van der Waals surface area contributed by atoms with Gasteiger partial charge in [0, 0.05) is 17.1 Å². The molecule has 2 heterocycles. The predicted molar refractivity (Wildman–Crippen MR) is 71.2 cm³/mol. The van der Waals surface area contributed by atoms with Crippen molar-refractivity contribution in [3.63, 3.8) is 0 Å². The van der Waals surface area contributed by atoms with Gasteiger partial charge in [-0.1, -0.05) is 22.0 Å². The molecule has 0 saturated carbocycles. The van der Waals surface area contributed by atoms with Gasteiger partial charge < -0.3 is 0 Å². The second-order valence-corrected chi connectivity index (χ2v) is 4.87. The molecule has 0 N–H and O–H groups in total. The molecule has 0 fully saturated rings. The Hall–Kier alpha value is -0.680. The van der Waals surface area contributed by atoms with Crippen molar-refractivity contribution in [1.29, 1.82) is 0 Å². The third-order valence-corrected chi connectivity index (χ3v) is 4.17. The molecule has 0 bridgehead atoms. The van der Waals surface area contributed by atoms with Crippen molar-refractivity contribution in [3.8, 4) is 5.82 Å². The van der Waals surface area contributed by atoms with E-state index in [9.17, 15) is 0 Å². The molecule has 0 unspecified atom stereocenters. The highest BCUT2D eigenvalue weighted by atomic mass is 79.9. The van der Waals surface area contributed by atoms with E-state index in [2.05, 4.69) is 41.9 Å². The van der Waals surface area contributed by atoms with Crippen LogP contribution in [0.2, 0.25) is 0 Å². The van der Waals surface area contributed by atoms with Crippen LogP contribution in [0.4, 0.5) is 0 Å². The Morgan fingerprint density at radius 1 is 1.38 bits per heavy atom. The number of alkyl halides is 1. The Kier molecular flexibility index (Phi) is 3.44. The molecule has 5 heteroatoms. The number of halogens is 2. The first kappa shape index (κ1) is 11.8. The molecule has 0 aliphatic rings. The fourth-order valence-corrected chi connectivity index (χ4v) is 2.24. The van der Waals surface area contributed by atoms with Crippen molar-refractivity contribution < 1.29 is 0 Å². The summed E-state index contributed by atoms with van der Waals surface area (Å²) in [6.45, 7) is 4.00. The topological polar surface area (TPSA) is 30.7 Å². The lowest BCUT2D eigenvalue weighted by atomic mass is 10.3. The summed E-state index contributed by atoms with van der Waals surface area (Å²) in [5, 5.41) is 5.25. The van der Waals surface area contributed by atoms with Crippen LogP contribution in [0.1, 0.15) is 17.0 Å².